The average molecular weight is 310 g/mol. The van der Waals surface area contributed by atoms with Gasteiger partial charge in [-0.3, -0.25) is 4.79 Å². The molecule has 2 fully saturated rings. The predicted octanol–water partition coefficient (Wildman–Crippen LogP) is 1.71. The van der Waals surface area contributed by atoms with Crippen molar-refractivity contribution in [2.24, 2.45) is 5.92 Å². The molecule has 1 aliphatic carbocycles. The number of nitrogens with one attached hydrogen (secondary N) is 1. The number of carbonyl (C=O) groups excluding carboxylic acids is 1. The van der Waals surface area contributed by atoms with Crippen molar-refractivity contribution < 1.29 is 9.53 Å². The van der Waals surface area contributed by atoms with Gasteiger partial charge >= 0.3 is 0 Å². The molecule has 0 bridgehead atoms. The molecular formula is C14H22N4O2S. The first-order chi connectivity index (χ1) is 10.1. The van der Waals surface area contributed by atoms with E-state index in [9.17, 15) is 4.79 Å². The Labute approximate surface area is 129 Å². The summed E-state index contributed by atoms with van der Waals surface area (Å²) in [5.41, 5.74) is 0. The fraction of sp³-hybridized carbons (Fsp3) is 0.786. The van der Waals surface area contributed by atoms with Crippen molar-refractivity contribution in [1.29, 1.82) is 0 Å². The van der Waals surface area contributed by atoms with Gasteiger partial charge in [0.15, 0.2) is 0 Å². The molecule has 0 aromatic carbocycles. The number of morpholine rings is 1. The molecule has 1 unspecified atom stereocenters. The normalized spacial score (nSPS) is 20.6. The van der Waals surface area contributed by atoms with Gasteiger partial charge in [0.05, 0.1) is 13.2 Å². The summed E-state index contributed by atoms with van der Waals surface area (Å²) < 4.78 is 9.70. The van der Waals surface area contributed by atoms with Crippen LogP contribution in [-0.2, 0) is 9.53 Å². The van der Waals surface area contributed by atoms with E-state index in [4.69, 9.17) is 4.74 Å². The number of nitrogens with zero attached hydrogens (tertiary/aromatic N) is 3. The maximum Gasteiger partial charge on any atom is 0.245 e. The zero-order valence-corrected chi connectivity index (χ0v) is 13.4. The summed E-state index contributed by atoms with van der Waals surface area (Å²) in [6, 6.07) is -0.247. The smallest absolute Gasteiger partial charge is 0.245 e. The van der Waals surface area contributed by atoms with Gasteiger partial charge < -0.3 is 15.0 Å². The van der Waals surface area contributed by atoms with Crippen LogP contribution in [0.3, 0.4) is 0 Å². The predicted molar refractivity (Wildman–Crippen MR) is 81.5 cm³/mol. The van der Waals surface area contributed by atoms with Gasteiger partial charge in [0.25, 0.3) is 0 Å². The van der Waals surface area contributed by atoms with Crippen molar-refractivity contribution in [3.05, 3.63) is 5.82 Å². The average Bonchev–Trinajstić information content (AvgIpc) is 3.24. The van der Waals surface area contributed by atoms with E-state index in [0.29, 0.717) is 32.2 Å². The summed E-state index contributed by atoms with van der Waals surface area (Å²) in [5, 5.41) is 4.05. The van der Waals surface area contributed by atoms with Crippen molar-refractivity contribution in [2.45, 2.75) is 38.6 Å². The van der Waals surface area contributed by atoms with E-state index < -0.39 is 0 Å². The molecule has 0 spiro atoms. The van der Waals surface area contributed by atoms with Crippen LogP contribution in [0.15, 0.2) is 0 Å². The number of hydrogen-bond donors (Lipinski definition) is 1. The lowest BCUT2D eigenvalue weighted by Gasteiger charge is -2.32. The highest BCUT2D eigenvalue weighted by molar-refractivity contribution is 7.09. The minimum absolute atomic E-state index is 0.136. The summed E-state index contributed by atoms with van der Waals surface area (Å²) in [5.74, 6) is 1.82. The first-order valence-electron chi connectivity index (χ1n) is 7.62. The number of rotatable bonds is 5. The van der Waals surface area contributed by atoms with Crippen LogP contribution in [0.25, 0.3) is 0 Å². The highest BCUT2D eigenvalue weighted by Crippen LogP contribution is 2.39. The molecular weight excluding hydrogens is 288 g/mol. The van der Waals surface area contributed by atoms with E-state index in [2.05, 4.69) is 28.5 Å². The van der Waals surface area contributed by atoms with Crippen molar-refractivity contribution in [3.8, 4) is 0 Å². The molecule has 1 saturated carbocycles. The Hall–Kier alpha value is -1.21. The Bertz CT molecular complexity index is 495. The fourth-order valence-corrected chi connectivity index (χ4v) is 3.11. The molecule has 116 valence electrons. The lowest BCUT2D eigenvalue weighted by atomic mass is 10.0. The second-order valence-corrected chi connectivity index (χ2v) is 6.79. The van der Waals surface area contributed by atoms with Gasteiger partial charge in [-0.15, -0.1) is 0 Å². The van der Waals surface area contributed by atoms with Crippen molar-refractivity contribution in [2.75, 3.05) is 31.6 Å². The molecule has 1 saturated heterocycles. The Morgan fingerprint density at radius 3 is 2.71 bits per heavy atom. The van der Waals surface area contributed by atoms with Gasteiger partial charge in [0.1, 0.15) is 11.9 Å². The Morgan fingerprint density at radius 2 is 2.10 bits per heavy atom. The largest absolute Gasteiger partial charge is 0.378 e. The van der Waals surface area contributed by atoms with E-state index in [1.165, 1.54) is 24.4 Å². The molecule has 0 radical (unpaired) electrons. The zero-order valence-electron chi connectivity index (χ0n) is 12.5. The zero-order chi connectivity index (χ0) is 14.8. The topological polar surface area (TPSA) is 67.4 Å². The number of carbonyl (C=O) groups is 1. The molecule has 21 heavy (non-hydrogen) atoms. The third-order valence-electron chi connectivity index (χ3n) is 3.92. The van der Waals surface area contributed by atoms with Crippen LogP contribution in [0.4, 0.5) is 5.13 Å². The van der Waals surface area contributed by atoms with E-state index in [1.807, 2.05) is 4.90 Å². The van der Waals surface area contributed by atoms with Crippen molar-refractivity contribution in [1.82, 2.24) is 14.3 Å². The highest BCUT2D eigenvalue weighted by Gasteiger charge is 2.31. The van der Waals surface area contributed by atoms with Crippen LogP contribution in [0.5, 0.6) is 0 Å². The van der Waals surface area contributed by atoms with Gasteiger partial charge in [-0.05, 0) is 18.8 Å². The Morgan fingerprint density at radius 1 is 1.38 bits per heavy atom. The van der Waals surface area contributed by atoms with Gasteiger partial charge in [0.2, 0.25) is 11.0 Å². The monoisotopic (exact) mass is 310 g/mol. The van der Waals surface area contributed by atoms with Crippen LogP contribution in [0.2, 0.25) is 0 Å². The minimum atomic E-state index is -0.247. The fourth-order valence-electron chi connectivity index (χ4n) is 2.43. The molecule has 1 aliphatic heterocycles. The van der Waals surface area contributed by atoms with E-state index in [1.54, 1.807) is 0 Å². The Balaban J connectivity index is 1.66. The molecule has 1 amide bonds. The maximum atomic E-state index is 12.7. The molecule has 2 aliphatic rings. The second-order valence-electron chi connectivity index (χ2n) is 6.04. The van der Waals surface area contributed by atoms with E-state index in [-0.39, 0.29) is 17.9 Å². The summed E-state index contributed by atoms with van der Waals surface area (Å²) in [6.45, 7) is 6.71. The molecule has 1 aromatic heterocycles. The molecule has 3 rings (SSSR count). The van der Waals surface area contributed by atoms with Crippen LogP contribution in [0, 0.1) is 5.92 Å². The minimum Gasteiger partial charge on any atom is -0.378 e. The number of aromatic nitrogens is 2. The number of hydrogen-bond acceptors (Lipinski definition) is 6. The van der Waals surface area contributed by atoms with Crippen molar-refractivity contribution >= 4 is 22.6 Å². The standard InChI is InChI=1S/C14H22N4O2S/c1-9(2)11(13(19)18-5-7-20-8-6-18)15-14-16-12(17-21-14)10-3-4-10/h9-11H,3-8H2,1-2H3,(H,15,16,17). The third-order valence-corrected chi connectivity index (χ3v) is 4.58. The number of amides is 1. The molecule has 6 nitrogen and oxygen atoms in total. The van der Waals surface area contributed by atoms with Crippen LogP contribution < -0.4 is 5.32 Å². The molecule has 1 N–H and O–H groups in total. The first kappa shape index (κ1) is 14.7. The molecule has 1 aromatic rings. The maximum absolute atomic E-state index is 12.7. The van der Waals surface area contributed by atoms with E-state index in [0.717, 1.165) is 11.0 Å². The molecule has 2 heterocycles. The van der Waals surface area contributed by atoms with Crippen LogP contribution in [-0.4, -0.2) is 52.5 Å². The summed E-state index contributed by atoms with van der Waals surface area (Å²) in [7, 11) is 0. The van der Waals surface area contributed by atoms with Crippen LogP contribution in [0.1, 0.15) is 38.4 Å². The lowest BCUT2D eigenvalue weighted by Crippen LogP contribution is -2.49. The van der Waals surface area contributed by atoms with Gasteiger partial charge in [-0.25, -0.2) is 4.98 Å². The van der Waals surface area contributed by atoms with Crippen molar-refractivity contribution in [3.63, 3.8) is 0 Å². The van der Waals surface area contributed by atoms with Crippen LogP contribution >= 0.6 is 11.5 Å². The summed E-state index contributed by atoms with van der Waals surface area (Å²) >= 11 is 1.36. The Kier molecular flexibility index (Phi) is 4.40. The summed E-state index contributed by atoms with van der Waals surface area (Å²) in [4.78, 5) is 19.1. The molecule has 7 heteroatoms. The lowest BCUT2D eigenvalue weighted by molar-refractivity contribution is -0.137. The SMILES string of the molecule is CC(C)C(Nc1nc(C2CC2)ns1)C(=O)N1CCOCC1. The second kappa shape index (κ2) is 6.27. The van der Waals surface area contributed by atoms with Gasteiger partial charge in [-0.2, -0.15) is 4.37 Å². The van der Waals surface area contributed by atoms with E-state index >= 15 is 0 Å². The van der Waals surface area contributed by atoms with Gasteiger partial charge in [0, 0.05) is 30.5 Å². The highest BCUT2D eigenvalue weighted by atomic mass is 32.1. The summed E-state index contributed by atoms with van der Waals surface area (Å²) in [6.07, 6.45) is 2.38. The number of anilines is 1. The van der Waals surface area contributed by atoms with Gasteiger partial charge in [-0.1, -0.05) is 13.8 Å². The quantitative estimate of drug-likeness (QED) is 0.897. The molecule has 1 atom stereocenters. The third kappa shape index (κ3) is 3.52. The first-order valence-corrected chi connectivity index (χ1v) is 8.39. The number of ether oxygens (including phenoxy) is 1.